The van der Waals surface area contributed by atoms with Crippen LogP contribution in [0.2, 0.25) is 0 Å². The summed E-state index contributed by atoms with van der Waals surface area (Å²) in [7, 11) is 0. The third kappa shape index (κ3) is 431. The predicted molar refractivity (Wildman–Crippen MR) is 7.87 cm³/mol. The van der Waals surface area contributed by atoms with Crippen molar-refractivity contribution in [2.45, 2.75) is 0 Å². The zero-order valence-corrected chi connectivity index (χ0v) is 10.7. The predicted octanol–water partition coefficient (Wildman–Crippen LogP) is -5.90. The Morgan fingerprint density at radius 1 is 1.09 bits per heavy atom. The van der Waals surface area contributed by atoms with Gasteiger partial charge in [0.15, 0.2) is 0 Å². The van der Waals surface area contributed by atoms with E-state index in [0.29, 0.717) is 0 Å². The van der Waals surface area contributed by atoms with Crippen molar-refractivity contribution >= 4 is 0 Å². The van der Waals surface area contributed by atoms with E-state index in [2.05, 4.69) is 0 Å². The maximum absolute atomic E-state index is 8.82. The SMILES string of the molecule is [K+].[O]=[Cr](=[O])([OH])[OH].[O]=[Mn](=[O])(=[O])[O-]. The van der Waals surface area contributed by atoms with E-state index in [-0.39, 0.29) is 51.4 Å². The van der Waals surface area contributed by atoms with Gasteiger partial charge < -0.3 is 0 Å². The topological polar surface area (TPSA) is 149 Å². The van der Waals surface area contributed by atoms with Crippen molar-refractivity contribution in [1.82, 2.24) is 0 Å². The molecule has 0 unspecified atom stereocenters. The fourth-order valence-corrected chi connectivity index (χ4v) is 0. The Bertz CT molecular complexity index is 289. The summed E-state index contributed by atoms with van der Waals surface area (Å²) in [5.41, 5.74) is 0. The van der Waals surface area contributed by atoms with Gasteiger partial charge in [0, 0.05) is 0 Å². The van der Waals surface area contributed by atoms with Crippen molar-refractivity contribution in [1.29, 1.82) is 0 Å². The quantitative estimate of drug-likeness (QED) is 0.415. The minimum absolute atomic E-state index is 0. The molecule has 0 heterocycles. The van der Waals surface area contributed by atoms with Crippen LogP contribution in [0.25, 0.3) is 0 Å². The van der Waals surface area contributed by atoms with Crippen LogP contribution in [-0.2, 0) is 45.7 Å². The van der Waals surface area contributed by atoms with Crippen molar-refractivity contribution in [3.05, 3.63) is 0 Å². The van der Waals surface area contributed by atoms with Crippen molar-refractivity contribution in [2.75, 3.05) is 0 Å². The average Bonchev–Trinajstić information content (AvgIpc) is 1.12. The van der Waals surface area contributed by atoms with E-state index < -0.39 is 26.6 Å². The number of hydrogen-bond acceptors (Lipinski definition) is 6. The van der Waals surface area contributed by atoms with Gasteiger partial charge in [-0.1, -0.05) is 0 Å². The second kappa shape index (κ2) is 7.02. The molecule has 0 radical (unpaired) electrons. The number of rotatable bonds is 0. The second-order valence-electron chi connectivity index (χ2n) is 0.826. The van der Waals surface area contributed by atoms with Crippen LogP contribution in [0.3, 0.4) is 0 Å². The standard InChI is InChI=1S/Cr.K.Mn.2H2O.6O/h;;;2*1H2;;;;;;/q+2;+1;;;;;;;;;-1/p-2. The summed E-state index contributed by atoms with van der Waals surface area (Å²) >= 11 is -10.9. The zero-order chi connectivity index (χ0) is 9.00. The van der Waals surface area contributed by atoms with Crippen LogP contribution in [0.5, 0.6) is 0 Å². The van der Waals surface area contributed by atoms with Gasteiger partial charge in [-0.3, -0.25) is 0 Å². The molecule has 0 aliphatic carbocycles. The first-order chi connectivity index (χ1) is 4.00. The molecule has 0 aromatic rings. The molecule has 0 rings (SSSR count). The summed E-state index contributed by atoms with van der Waals surface area (Å²) in [5.74, 6) is 0. The molecule has 0 amide bonds. The summed E-state index contributed by atoms with van der Waals surface area (Å²) in [4.78, 5) is 0. The monoisotopic (exact) mass is 276 g/mol. The fourth-order valence-electron chi connectivity index (χ4n) is 0. The Hall–Kier alpha value is 1.57. The van der Waals surface area contributed by atoms with E-state index in [4.69, 9.17) is 31.6 Å². The van der Waals surface area contributed by atoms with Gasteiger partial charge in [0.2, 0.25) is 0 Å². The molecule has 0 saturated carbocycles. The Morgan fingerprint density at radius 3 is 1.09 bits per heavy atom. The molecule has 0 saturated heterocycles. The van der Waals surface area contributed by atoms with Crippen LogP contribution in [-0.4, -0.2) is 8.32 Å². The first-order valence-corrected chi connectivity index (χ1v) is 5.42. The molecule has 0 bridgehead atoms. The van der Waals surface area contributed by atoms with Crippen LogP contribution in [0, 0.1) is 0 Å². The van der Waals surface area contributed by atoms with E-state index in [1.807, 2.05) is 0 Å². The Kier molecular flexibility index (Phi) is 11.7. The first-order valence-electron chi connectivity index (χ1n) is 1.32. The molecule has 11 heteroatoms. The molecule has 2 N–H and O–H groups in total. The van der Waals surface area contributed by atoms with Gasteiger partial charge >= 0.3 is 110 Å². The summed E-state index contributed by atoms with van der Waals surface area (Å²) in [6, 6.07) is 0. The minimum atomic E-state index is -5.62. The van der Waals surface area contributed by atoms with E-state index in [1.165, 1.54) is 0 Å². The van der Waals surface area contributed by atoms with Gasteiger partial charge in [0.25, 0.3) is 0 Å². The van der Waals surface area contributed by atoms with Crippen LogP contribution >= 0.6 is 0 Å². The van der Waals surface area contributed by atoms with E-state index in [9.17, 15) is 0 Å². The molecule has 11 heavy (non-hydrogen) atoms. The molecule has 64 valence electrons. The van der Waals surface area contributed by atoms with Gasteiger partial charge in [0.1, 0.15) is 0 Å². The normalized spacial score (nSPS) is 10.5. The van der Waals surface area contributed by atoms with Gasteiger partial charge in [0.05, 0.1) is 0 Å². The molecular formula is H2CrKMnO8. The van der Waals surface area contributed by atoms with Crippen LogP contribution in [0.15, 0.2) is 0 Å². The summed E-state index contributed by atoms with van der Waals surface area (Å²) in [5, 5.41) is 0. The second-order valence-corrected chi connectivity index (χ2v) is 3.40. The van der Waals surface area contributed by atoms with Crippen molar-refractivity contribution in [3.63, 3.8) is 0 Å². The van der Waals surface area contributed by atoms with Gasteiger partial charge in [-0.25, -0.2) is 0 Å². The first kappa shape index (κ1) is 18.4. The molecule has 0 spiro atoms. The van der Waals surface area contributed by atoms with Crippen molar-refractivity contribution < 1.29 is 110 Å². The number of hydrogen-bond donors (Lipinski definition) is 2. The van der Waals surface area contributed by atoms with E-state index in [1.54, 1.807) is 0 Å². The van der Waals surface area contributed by atoms with Gasteiger partial charge in [-0.05, 0) is 0 Å². The molecule has 8 nitrogen and oxygen atoms in total. The molecule has 0 aromatic heterocycles. The molecule has 0 fully saturated rings. The fraction of sp³-hybridized carbons (Fsp3) is 0. The maximum atomic E-state index is 8.82. The van der Waals surface area contributed by atoms with Gasteiger partial charge in [-0.15, -0.1) is 0 Å². The summed E-state index contributed by atoms with van der Waals surface area (Å²) < 4.78 is 66.2. The van der Waals surface area contributed by atoms with Crippen LogP contribution in [0.4, 0.5) is 0 Å². The molecular weight excluding hydrogens is 274 g/mol. The Balaban J connectivity index is -0.000000107. The van der Waals surface area contributed by atoms with E-state index in [0.717, 1.165) is 0 Å². The summed E-state index contributed by atoms with van der Waals surface area (Å²) in [6.45, 7) is 0. The Labute approximate surface area is 108 Å². The zero-order valence-electron chi connectivity index (χ0n) is 5.13. The third-order valence-corrected chi connectivity index (χ3v) is 0. The van der Waals surface area contributed by atoms with Gasteiger partial charge in [-0.2, -0.15) is 0 Å². The molecule has 0 aromatic carbocycles. The summed E-state index contributed by atoms with van der Waals surface area (Å²) in [6.07, 6.45) is 0. The molecule has 0 aliphatic heterocycles. The third-order valence-electron chi connectivity index (χ3n) is 0. The average molecular weight is 276 g/mol. The van der Waals surface area contributed by atoms with Crippen molar-refractivity contribution in [2.24, 2.45) is 0 Å². The van der Waals surface area contributed by atoms with E-state index >= 15 is 0 Å². The van der Waals surface area contributed by atoms with Crippen LogP contribution < -0.4 is 55.6 Å². The van der Waals surface area contributed by atoms with Crippen molar-refractivity contribution in [3.8, 4) is 0 Å². The molecule has 0 aliphatic rings. The molecule has 0 atom stereocenters. The van der Waals surface area contributed by atoms with Crippen LogP contribution in [0.1, 0.15) is 0 Å². The Morgan fingerprint density at radius 2 is 1.09 bits per heavy atom.